The summed E-state index contributed by atoms with van der Waals surface area (Å²) >= 11 is 0. The number of hydrogen-bond acceptors (Lipinski definition) is 4. The topological polar surface area (TPSA) is 56.5 Å². The lowest BCUT2D eigenvalue weighted by atomic mass is 10.00. The van der Waals surface area contributed by atoms with Crippen LogP contribution in [0.25, 0.3) is 0 Å². The molecule has 0 aliphatic carbocycles. The zero-order valence-corrected chi connectivity index (χ0v) is 12.3. The van der Waals surface area contributed by atoms with E-state index in [1.54, 1.807) is 25.0 Å². The number of nitrogens with zero attached hydrogens (tertiary/aromatic N) is 2. The molecule has 5 heteroatoms. The predicted octanol–water partition coefficient (Wildman–Crippen LogP) is 2.08. The Hall–Kier alpha value is -2.01. The highest BCUT2D eigenvalue weighted by Crippen LogP contribution is 2.34. The van der Waals surface area contributed by atoms with E-state index in [9.17, 15) is 5.11 Å². The molecule has 0 bridgehead atoms. The smallest absolute Gasteiger partial charge is 0.128 e. The molecule has 108 valence electrons. The lowest BCUT2D eigenvalue weighted by Gasteiger charge is -2.15. The lowest BCUT2D eigenvalue weighted by Crippen LogP contribution is -2.04. The minimum absolute atomic E-state index is 0.600. The molecule has 0 saturated carbocycles. The molecule has 0 aliphatic rings. The molecule has 1 atom stereocenters. The molecule has 1 unspecified atom stereocenters. The van der Waals surface area contributed by atoms with Gasteiger partial charge in [0.15, 0.2) is 0 Å². The summed E-state index contributed by atoms with van der Waals surface area (Å²) in [5.74, 6) is 1.29. The molecule has 1 aromatic heterocycles. The van der Waals surface area contributed by atoms with Crippen LogP contribution in [-0.2, 0) is 13.5 Å². The Labute approximate surface area is 118 Å². The molecule has 1 N–H and O–H groups in total. The molecular formula is C15H20N2O3. The van der Waals surface area contributed by atoms with Crippen molar-refractivity contribution < 1.29 is 14.6 Å². The van der Waals surface area contributed by atoms with Crippen molar-refractivity contribution in [1.29, 1.82) is 0 Å². The Kier molecular flexibility index (Phi) is 4.29. The Morgan fingerprint density at radius 2 is 2.00 bits per heavy atom. The number of ether oxygens (including phenoxy) is 2. The van der Waals surface area contributed by atoms with Crippen LogP contribution < -0.4 is 9.47 Å². The monoisotopic (exact) mass is 276 g/mol. The van der Waals surface area contributed by atoms with Crippen LogP contribution in [0.1, 0.15) is 29.8 Å². The van der Waals surface area contributed by atoms with E-state index in [1.807, 2.05) is 32.3 Å². The molecule has 2 aromatic rings. The van der Waals surface area contributed by atoms with E-state index < -0.39 is 6.10 Å². The average Bonchev–Trinajstić information content (AvgIpc) is 2.86. The van der Waals surface area contributed by atoms with Gasteiger partial charge in [0, 0.05) is 30.4 Å². The van der Waals surface area contributed by atoms with E-state index in [0.717, 1.165) is 17.7 Å². The summed E-state index contributed by atoms with van der Waals surface area (Å²) < 4.78 is 12.2. The fourth-order valence-corrected chi connectivity index (χ4v) is 2.27. The van der Waals surface area contributed by atoms with Crippen LogP contribution in [0.15, 0.2) is 24.4 Å². The molecule has 2 rings (SSSR count). The minimum Gasteiger partial charge on any atom is -0.497 e. The van der Waals surface area contributed by atoms with Crippen molar-refractivity contribution in [2.24, 2.45) is 7.05 Å². The molecule has 5 nitrogen and oxygen atoms in total. The maximum atomic E-state index is 10.6. The number of rotatable bonds is 5. The number of aryl methyl sites for hydroxylation is 2. The van der Waals surface area contributed by atoms with Gasteiger partial charge in [-0.05, 0) is 18.6 Å². The SMILES string of the molecule is CCc1nn(C)cc1C(O)c1ccc(OC)cc1OC. The van der Waals surface area contributed by atoms with Gasteiger partial charge in [0.1, 0.15) is 17.6 Å². The number of aliphatic hydroxyl groups excluding tert-OH is 1. The third kappa shape index (κ3) is 2.63. The molecular weight excluding hydrogens is 256 g/mol. The summed E-state index contributed by atoms with van der Waals surface area (Å²) in [6.45, 7) is 2.02. The third-order valence-corrected chi connectivity index (χ3v) is 3.30. The van der Waals surface area contributed by atoms with E-state index in [1.165, 1.54) is 0 Å². The third-order valence-electron chi connectivity index (χ3n) is 3.30. The molecule has 0 aliphatic heterocycles. The molecule has 0 saturated heterocycles. The summed E-state index contributed by atoms with van der Waals surface area (Å²) in [7, 11) is 5.02. The van der Waals surface area contributed by atoms with Gasteiger partial charge in [0.25, 0.3) is 0 Å². The van der Waals surface area contributed by atoms with Gasteiger partial charge in [-0.25, -0.2) is 0 Å². The summed E-state index contributed by atoms with van der Waals surface area (Å²) in [6.07, 6.45) is 1.85. The molecule has 0 fully saturated rings. The molecule has 0 radical (unpaired) electrons. The first-order valence-corrected chi connectivity index (χ1v) is 6.53. The largest absolute Gasteiger partial charge is 0.497 e. The number of aliphatic hydroxyl groups is 1. The Morgan fingerprint density at radius 3 is 2.60 bits per heavy atom. The van der Waals surface area contributed by atoms with Crippen LogP contribution in [0.4, 0.5) is 0 Å². The summed E-state index contributed by atoms with van der Waals surface area (Å²) in [5, 5.41) is 15.0. The first-order chi connectivity index (χ1) is 9.60. The van der Waals surface area contributed by atoms with E-state index in [-0.39, 0.29) is 0 Å². The fraction of sp³-hybridized carbons (Fsp3) is 0.400. The zero-order chi connectivity index (χ0) is 14.7. The van der Waals surface area contributed by atoms with Gasteiger partial charge in [-0.1, -0.05) is 6.92 Å². The molecule has 1 heterocycles. The van der Waals surface area contributed by atoms with Crippen molar-refractivity contribution >= 4 is 0 Å². The van der Waals surface area contributed by atoms with Crippen molar-refractivity contribution in [2.75, 3.05) is 14.2 Å². The minimum atomic E-state index is -0.764. The van der Waals surface area contributed by atoms with E-state index in [4.69, 9.17) is 9.47 Å². The Balaban J connectivity index is 2.44. The first-order valence-electron chi connectivity index (χ1n) is 6.53. The fourth-order valence-electron chi connectivity index (χ4n) is 2.27. The normalized spacial score (nSPS) is 12.2. The van der Waals surface area contributed by atoms with Gasteiger partial charge >= 0.3 is 0 Å². The average molecular weight is 276 g/mol. The van der Waals surface area contributed by atoms with Gasteiger partial charge in [-0.2, -0.15) is 5.10 Å². The van der Waals surface area contributed by atoms with Crippen LogP contribution in [0.2, 0.25) is 0 Å². The number of methoxy groups -OCH3 is 2. The van der Waals surface area contributed by atoms with Crippen LogP contribution in [-0.4, -0.2) is 29.1 Å². The van der Waals surface area contributed by atoms with Crippen LogP contribution >= 0.6 is 0 Å². The highest BCUT2D eigenvalue weighted by atomic mass is 16.5. The van der Waals surface area contributed by atoms with Gasteiger partial charge in [0.05, 0.1) is 19.9 Å². The van der Waals surface area contributed by atoms with Gasteiger partial charge in [-0.15, -0.1) is 0 Å². The second kappa shape index (κ2) is 5.96. The number of benzene rings is 1. The van der Waals surface area contributed by atoms with Crippen molar-refractivity contribution in [3.8, 4) is 11.5 Å². The molecule has 0 spiro atoms. The maximum absolute atomic E-state index is 10.6. The lowest BCUT2D eigenvalue weighted by molar-refractivity contribution is 0.213. The first kappa shape index (κ1) is 14.4. The van der Waals surface area contributed by atoms with Crippen molar-refractivity contribution in [2.45, 2.75) is 19.4 Å². The Morgan fingerprint density at radius 1 is 1.25 bits per heavy atom. The van der Waals surface area contributed by atoms with Crippen molar-refractivity contribution in [1.82, 2.24) is 9.78 Å². The highest BCUT2D eigenvalue weighted by molar-refractivity contribution is 5.45. The molecule has 1 aromatic carbocycles. The predicted molar refractivity (Wildman–Crippen MR) is 76.2 cm³/mol. The van der Waals surface area contributed by atoms with Crippen LogP contribution in [0.5, 0.6) is 11.5 Å². The standard InChI is InChI=1S/C15H20N2O3/c1-5-13-12(9-17(2)16-13)15(18)11-7-6-10(19-3)8-14(11)20-4/h6-9,15,18H,5H2,1-4H3. The molecule has 0 amide bonds. The summed E-state index contributed by atoms with van der Waals surface area (Å²) in [6, 6.07) is 5.39. The number of aromatic nitrogens is 2. The van der Waals surface area contributed by atoms with Gasteiger partial charge in [0.2, 0.25) is 0 Å². The van der Waals surface area contributed by atoms with Crippen LogP contribution in [0.3, 0.4) is 0 Å². The van der Waals surface area contributed by atoms with Crippen molar-refractivity contribution in [3.05, 3.63) is 41.2 Å². The van der Waals surface area contributed by atoms with Crippen molar-refractivity contribution in [3.63, 3.8) is 0 Å². The van der Waals surface area contributed by atoms with E-state index >= 15 is 0 Å². The zero-order valence-electron chi connectivity index (χ0n) is 12.3. The summed E-state index contributed by atoms with van der Waals surface area (Å²) in [5.41, 5.74) is 2.40. The Bertz CT molecular complexity index is 593. The highest BCUT2D eigenvalue weighted by Gasteiger charge is 2.20. The van der Waals surface area contributed by atoms with E-state index in [0.29, 0.717) is 17.1 Å². The second-order valence-corrected chi connectivity index (χ2v) is 4.57. The molecule has 20 heavy (non-hydrogen) atoms. The van der Waals surface area contributed by atoms with Gasteiger partial charge < -0.3 is 14.6 Å². The quantitative estimate of drug-likeness (QED) is 0.908. The van der Waals surface area contributed by atoms with Gasteiger partial charge in [-0.3, -0.25) is 4.68 Å². The van der Waals surface area contributed by atoms with E-state index in [2.05, 4.69) is 5.10 Å². The maximum Gasteiger partial charge on any atom is 0.128 e. The van der Waals surface area contributed by atoms with Crippen LogP contribution in [0, 0.1) is 0 Å². The second-order valence-electron chi connectivity index (χ2n) is 4.57. The number of hydrogen-bond donors (Lipinski definition) is 1. The summed E-state index contributed by atoms with van der Waals surface area (Å²) in [4.78, 5) is 0.